The molecule has 0 saturated carbocycles. The smallest absolute Gasteiger partial charge is 0.339 e. The molecule has 4 rings (SSSR count). The van der Waals surface area contributed by atoms with Crippen LogP contribution in [0.4, 0.5) is 0 Å². The number of piperidine rings is 1. The van der Waals surface area contributed by atoms with Crippen LogP contribution in [0.3, 0.4) is 0 Å². The summed E-state index contributed by atoms with van der Waals surface area (Å²) < 4.78 is 5.82. The number of esters is 1. The summed E-state index contributed by atoms with van der Waals surface area (Å²) in [6.45, 7) is 3.18. The number of rotatable bonds is 3. The molecule has 2 aliphatic heterocycles. The minimum atomic E-state index is -0.700. The lowest BCUT2D eigenvalue weighted by Gasteiger charge is -2.39. The average molecular weight is 367 g/mol. The molecule has 2 aromatic carbocycles. The molecule has 1 amide bonds. The molecule has 2 aromatic rings. The van der Waals surface area contributed by atoms with Crippen molar-refractivity contribution in [2.45, 2.75) is 30.3 Å². The Kier molecular flexibility index (Phi) is 4.49. The molecule has 134 valence electrons. The molecule has 2 aliphatic rings. The van der Waals surface area contributed by atoms with Gasteiger partial charge >= 0.3 is 5.97 Å². The predicted molar refractivity (Wildman–Crippen MR) is 102 cm³/mol. The van der Waals surface area contributed by atoms with Crippen LogP contribution in [-0.2, 0) is 10.3 Å². The minimum Gasteiger partial charge on any atom is -0.449 e. The fraction of sp³-hybridized carbons (Fsp3) is 0.333. The number of fused-ring (bicyclic) bond motifs is 2. The first-order valence-electron chi connectivity index (χ1n) is 8.98. The molecule has 2 heterocycles. The van der Waals surface area contributed by atoms with Gasteiger partial charge in [-0.05, 0) is 36.8 Å². The van der Waals surface area contributed by atoms with Crippen molar-refractivity contribution in [2.24, 2.45) is 0 Å². The molecular weight excluding hydrogens is 346 g/mol. The van der Waals surface area contributed by atoms with E-state index < -0.39 is 5.60 Å². The quantitative estimate of drug-likeness (QED) is 0.605. The van der Waals surface area contributed by atoms with Crippen LogP contribution in [0.2, 0.25) is 0 Å². The van der Waals surface area contributed by atoms with Gasteiger partial charge in [0, 0.05) is 17.0 Å². The van der Waals surface area contributed by atoms with Crippen LogP contribution in [0.15, 0.2) is 53.4 Å². The lowest BCUT2D eigenvalue weighted by molar-refractivity contribution is -0.0442. The van der Waals surface area contributed by atoms with E-state index >= 15 is 0 Å². The highest BCUT2D eigenvalue weighted by Crippen LogP contribution is 2.43. The molecule has 0 aromatic heterocycles. The first-order valence-corrected chi connectivity index (χ1v) is 9.97. The standard InChI is InChI=1S/C21H21NO3S/c1-2-26-18-11-6-4-9-16(18)19(23)22-13-7-12-21(14-22)17-10-5-3-8-15(17)20(24)25-21/h3-6,8-11H,2,7,12-14H2,1H3. The number of likely N-dealkylation sites (tertiary alicyclic amines) is 1. The van der Waals surface area contributed by atoms with Crippen molar-refractivity contribution in [1.82, 2.24) is 4.90 Å². The van der Waals surface area contributed by atoms with Crippen LogP contribution in [-0.4, -0.2) is 35.6 Å². The van der Waals surface area contributed by atoms with Crippen LogP contribution in [0.1, 0.15) is 46.0 Å². The van der Waals surface area contributed by atoms with Gasteiger partial charge in [0.2, 0.25) is 0 Å². The normalized spacial score (nSPS) is 21.6. The Labute approximate surface area is 157 Å². The number of hydrogen-bond acceptors (Lipinski definition) is 4. The molecule has 26 heavy (non-hydrogen) atoms. The molecule has 5 heteroatoms. The Balaban J connectivity index is 1.64. The van der Waals surface area contributed by atoms with E-state index in [-0.39, 0.29) is 11.9 Å². The first-order chi connectivity index (χ1) is 12.6. The summed E-state index contributed by atoms with van der Waals surface area (Å²) in [5.41, 5.74) is 1.57. The van der Waals surface area contributed by atoms with Gasteiger partial charge in [0.1, 0.15) is 0 Å². The van der Waals surface area contributed by atoms with E-state index in [1.54, 1.807) is 17.8 Å². The summed E-state index contributed by atoms with van der Waals surface area (Å²) in [4.78, 5) is 28.3. The largest absolute Gasteiger partial charge is 0.449 e. The second-order valence-electron chi connectivity index (χ2n) is 6.69. The van der Waals surface area contributed by atoms with Crippen LogP contribution < -0.4 is 0 Å². The molecule has 0 aliphatic carbocycles. The minimum absolute atomic E-state index is 0.0149. The van der Waals surface area contributed by atoms with Gasteiger partial charge in [-0.3, -0.25) is 4.79 Å². The molecular formula is C21H21NO3S. The second kappa shape index (κ2) is 6.80. The summed E-state index contributed by atoms with van der Waals surface area (Å²) >= 11 is 1.67. The van der Waals surface area contributed by atoms with Crippen molar-refractivity contribution < 1.29 is 14.3 Å². The SMILES string of the molecule is CCSc1ccccc1C(=O)N1CCCC2(C1)OC(=O)c1ccccc12. The number of nitrogens with zero attached hydrogens (tertiary/aromatic N) is 1. The highest BCUT2D eigenvalue weighted by Gasteiger charge is 2.48. The second-order valence-corrected chi connectivity index (χ2v) is 7.99. The van der Waals surface area contributed by atoms with Crippen molar-refractivity contribution in [3.63, 3.8) is 0 Å². The molecule has 1 unspecified atom stereocenters. The van der Waals surface area contributed by atoms with Crippen molar-refractivity contribution in [3.05, 3.63) is 65.2 Å². The van der Waals surface area contributed by atoms with Crippen molar-refractivity contribution in [1.29, 1.82) is 0 Å². The van der Waals surface area contributed by atoms with Gasteiger partial charge in [0.15, 0.2) is 5.60 Å². The van der Waals surface area contributed by atoms with Crippen LogP contribution in [0, 0.1) is 0 Å². The number of carbonyl (C=O) groups is 2. The molecule has 1 spiro atoms. The highest BCUT2D eigenvalue weighted by atomic mass is 32.2. The van der Waals surface area contributed by atoms with Gasteiger partial charge in [-0.2, -0.15) is 0 Å². The monoisotopic (exact) mass is 367 g/mol. The number of carbonyl (C=O) groups excluding carboxylic acids is 2. The Morgan fingerprint density at radius 1 is 1.19 bits per heavy atom. The van der Waals surface area contributed by atoms with Gasteiger partial charge in [-0.15, -0.1) is 11.8 Å². The zero-order valence-corrected chi connectivity index (χ0v) is 15.6. The number of thioether (sulfide) groups is 1. The van der Waals surface area contributed by atoms with E-state index in [1.807, 2.05) is 47.4 Å². The van der Waals surface area contributed by atoms with Gasteiger partial charge in [0.05, 0.1) is 17.7 Å². The van der Waals surface area contributed by atoms with Gasteiger partial charge < -0.3 is 9.64 Å². The fourth-order valence-electron chi connectivity index (χ4n) is 3.94. The summed E-state index contributed by atoms with van der Waals surface area (Å²) in [6.07, 6.45) is 1.57. The third-order valence-electron chi connectivity index (χ3n) is 5.09. The average Bonchev–Trinajstić information content (AvgIpc) is 2.94. The fourth-order valence-corrected chi connectivity index (χ4v) is 4.74. The summed E-state index contributed by atoms with van der Waals surface area (Å²) in [5, 5.41) is 0. The molecule has 0 bridgehead atoms. The molecule has 1 atom stereocenters. The van der Waals surface area contributed by atoms with Crippen molar-refractivity contribution in [3.8, 4) is 0 Å². The number of benzene rings is 2. The van der Waals surface area contributed by atoms with Crippen LogP contribution in [0.25, 0.3) is 0 Å². The van der Waals surface area contributed by atoms with E-state index in [1.165, 1.54) is 0 Å². The maximum absolute atomic E-state index is 13.2. The Hall–Kier alpha value is -2.27. The Bertz CT molecular complexity index is 866. The van der Waals surface area contributed by atoms with E-state index in [4.69, 9.17) is 4.74 Å². The van der Waals surface area contributed by atoms with Gasteiger partial charge in [-0.25, -0.2) is 4.79 Å². The lowest BCUT2D eigenvalue weighted by atomic mass is 9.85. The third kappa shape index (κ3) is 2.80. The lowest BCUT2D eigenvalue weighted by Crippen LogP contribution is -2.48. The van der Waals surface area contributed by atoms with E-state index in [0.717, 1.165) is 34.6 Å². The zero-order chi connectivity index (χ0) is 18.1. The van der Waals surface area contributed by atoms with Crippen molar-refractivity contribution >= 4 is 23.6 Å². The Morgan fingerprint density at radius 2 is 1.96 bits per heavy atom. The number of amides is 1. The maximum atomic E-state index is 13.2. The van der Waals surface area contributed by atoms with Crippen LogP contribution in [0.5, 0.6) is 0 Å². The van der Waals surface area contributed by atoms with Crippen molar-refractivity contribution in [2.75, 3.05) is 18.8 Å². The maximum Gasteiger partial charge on any atom is 0.339 e. The molecule has 1 saturated heterocycles. The van der Waals surface area contributed by atoms with Gasteiger partial charge in [0.25, 0.3) is 5.91 Å². The van der Waals surface area contributed by atoms with Crippen LogP contribution >= 0.6 is 11.8 Å². The zero-order valence-electron chi connectivity index (χ0n) is 14.7. The predicted octanol–water partition coefficient (Wildman–Crippen LogP) is 4.10. The third-order valence-corrected chi connectivity index (χ3v) is 6.04. The van der Waals surface area contributed by atoms with E-state index in [9.17, 15) is 9.59 Å². The molecule has 1 fully saturated rings. The molecule has 0 radical (unpaired) electrons. The molecule has 4 nitrogen and oxygen atoms in total. The summed E-state index contributed by atoms with van der Waals surface area (Å²) in [5.74, 6) is 0.650. The van der Waals surface area contributed by atoms with E-state index in [0.29, 0.717) is 18.7 Å². The summed E-state index contributed by atoms with van der Waals surface area (Å²) in [7, 11) is 0. The van der Waals surface area contributed by atoms with Gasteiger partial charge in [-0.1, -0.05) is 37.3 Å². The number of hydrogen-bond donors (Lipinski definition) is 0. The first kappa shape index (κ1) is 17.2. The topological polar surface area (TPSA) is 46.6 Å². The highest BCUT2D eigenvalue weighted by molar-refractivity contribution is 7.99. The number of ether oxygens (including phenoxy) is 1. The summed E-state index contributed by atoms with van der Waals surface area (Å²) in [6, 6.07) is 15.3. The van der Waals surface area contributed by atoms with E-state index in [2.05, 4.69) is 6.92 Å². The Morgan fingerprint density at radius 3 is 2.81 bits per heavy atom. The molecule has 0 N–H and O–H groups in total.